The summed E-state index contributed by atoms with van der Waals surface area (Å²) in [6, 6.07) is 26.0. The Bertz CT molecular complexity index is 2030. The number of rotatable bonds is 14. The fourth-order valence-corrected chi connectivity index (χ4v) is 5.37. The number of halogens is 3. The van der Waals surface area contributed by atoms with Crippen LogP contribution in [-0.4, -0.2) is 69.5 Å². The van der Waals surface area contributed by atoms with Crippen molar-refractivity contribution >= 4 is 70.3 Å². The summed E-state index contributed by atoms with van der Waals surface area (Å²) < 4.78 is 0. The van der Waals surface area contributed by atoms with Crippen LogP contribution in [0.15, 0.2) is 84.9 Å². The number of ketones is 3. The lowest BCUT2D eigenvalue weighted by molar-refractivity contribution is -0.140. The lowest BCUT2D eigenvalue weighted by atomic mass is 9.98. The normalized spacial score (nSPS) is 12.1. The first-order chi connectivity index (χ1) is 26.1. The molecule has 0 heterocycles. The number of carbonyl (C=O) groups excluding carboxylic acids is 3. The molecule has 4 atom stereocenters. The van der Waals surface area contributed by atoms with E-state index in [2.05, 4.69) is 10.6 Å². The fourth-order valence-electron chi connectivity index (χ4n) is 4.95. The van der Waals surface area contributed by atoms with Gasteiger partial charge in [0.15, 0.2) is 23.4 Å². The number of aliphatic carboxylic acids is 1. The van der Waals surface area contributed by atoms with Crippen LogP contribution in [0.5, 0.6) is 0 Å². The molecule has 15 heteroatoms. The van der Waals surface area contributed by atoms with Gasteiger partial charge in [-0.05, 0) is 63.1 Å². The van der Waals surface area contributed by atoms with E-state index in [1.807, 2.05) is 36.4 Å². The van der Waals surface area contributed by atoms with Gasteiger partial charge in [-0.1, -0.05) is 83.9 Å². The quantitative estimate of drug-likeness (QED) is 0.0712. The molecule has 0 radical (unpaired) electrons. The van der Waals surface area contributed by atoms with Crippen molar-refractivity contribution in [3.8, 4) is 12.1 Å². The molecule has 0 spiro atoms. The minimum Gasteiger partial charge on any atom is -0.480 e. The number of nitrogens with two attached hydrogens (primary N) is 1. The van der Waals surface area contributed by atoms with Crippen molar-refractivity contribution in [2.75, 3.05) is 17.2 Å². The van der Waals surface area contributed by atoms with Crippen molar-refractivity contribution in [2.24, 2.45) is 5.73 Å². The summed E-state index contributed by atoms with van der Waals surface area (Å²) in [5.74, 6) is -1.56. The number of nitrogens with zero attached hydrogens (tertiary/aromatic N) is 2. The molecule has 296 valence electrons. The lowest BCUT2D eigenvalue weighted by Gasteiger charge is -2.23. The summed E-state index contributed by atoms with van der Waals surface area (Å²) in [6.07, 6.45) is -1.94. The van der Waals surface area contributed by atoms with Crippen LogP contribution in [0.2, 0.25) is 10.0 Å². The molecule has 0 aliphatic carbocycles. The number of hydrogen-bond donors (Lipinski definition) is 6. The van der Waals surface area contributed by atoms with Crippen LogP contribution in [0.4, 0.5) is 11.4 Å². The van der Waals surface area contributed by atoms with E-state index in [1.54, 1.807) is 68.4 Å². The number of aliphatic hydroxyl groups excluding tert-OH is 2. The highest BCUT2D eigenvalue weighted by atomic mass is 35.5. The Morgan fingerprint density at radius 3 is 1.43 bits per heavy atom. The summed E-state index contributed by atoms with van der Waals surface area (Å²) in [4.78, 5) is 46.6. The molecule has 4 aromatic carbocycles. The van der Waals surface area contributed by atoms with E-state index >= 15 is 0 Å². The zero-order valence-electron chi connectivity index (χ0n) is 31.1. The Morgan fingerprint density at radius 1 is 0.679 bits per heavy atom. The first-order valence-electron chi connectivity index (χ1n) is 17.0. The zero-order valence-corrected chi connectivity index (χ0v) is 33.5. The van der Waals surface area contributed by atoms with Crippen molar-refractivity contribution in [1.29, 1.82) is 10.5 Å². The van der Waals surface area contributed by atoms with Crippen molar-refractivity contribution in [2.45, 2.75) is 64.8 Å². The number of nitriles is 2. The second-order valence-corrected chi connectivity index (χ2v) is 13.0. The van der Waals surface area contributed by atoms with Gasteiger partial charge in [0.2, 0.25) is 0 Å². The molecular weight excluding hydrogens is 781 g/mol. The first-order valence-corrected chi connectivity index (χ1v) is 17.7. The van der Waals surface area contributed by atoms with Crippen LogP contribution in [-0.2, 0) is 9.59 Å². The molecule has 7 N–H and O–H groups in total. The number of carboxylic acid groups (broad SMARTS) is 1. The van der Waals surface area contributed by atoms with Crippen molar-refractivity contribution < 1.29 is 34.5 Å². The van der Waals surface area contributed by atoms with Gasteiger partial charge in [-0.3, -0.25) is 14.4 Å². The molecule has 0 aromatic heterocycles. The Balaban J connectivity index is 0.000000464. The number of benzene rings is 4. The van der Waals surface area contributed by atoms with Crippen LogP contribution in [0, 0.1) is 36.5 Å². The van der Waals surface area contributed by atoms with Gasteiger partial charge in [0.25, 0.3) is 0 Å². The standard InChI is InChI=1S/C21H21ClN2O3.C12H13ClN2O3.C8H9NO.ClH/c1-13-17(9-8-16(12-23)20(13)22)24-21(14(2)25)19(27)11-10-18(26)15-6-4-3-5-7-15;1-6-9(4-3-8(5-14)10(6)13)15-11(7(2)16)12(17)18;9-6-8(10)7-4-2-1-3-5-7;/h3-9,14,21,24-25H,10-11H2,1-2H3;3-4,7,11,15-16H,1-2H3,(H,17,18);1-5H,6,9H2;1H/t14-,21+;7-,11+;;/m00../s1. The predicted octanol–water partition coefficient (Wildman–Crippen LogP) is 6.93. The van der Waals surface area contributed by atoms with Crippen LogP contribution in [0.3, 0.4) is 0 Å². The number of carboxylic acids is 1. The Labute approximate surface area is 342 Å². The van der Waals surface area contributed by atoms with Gasteiger partial charge in [-0.2, -0.15) is 10.5 Å². The van der Waals surface area contributed by atoms with Gasteiger partial charge in [-0.15, -0.1) is 12.4 Å². The smallest absolute Gasteiger partial charge is 0.328 e. The Kier molecular flexibility index (Phi) is 21.1. The maximum absolute atomic E-state index is 12.6. The van der Waals surface area contributed by atoms with Crippen molar-refractivity contribution in [3.05, 3.63) is 128 Å². The predicted molar refractivity (Wildman–Crippen MR) is 220 cm³/mol. The minimum absolute atomic E-state index is 0. The maximum atomic E-state index is 12.6. The van der Waals surface area contributed by atoms with Gasteiger partial charge in [0.05, 0.1) is 39.9 Å². The summed E-state index contributed by atoms with van der Waals surface area (Å²) in [5.41, 5.74) is 9.29. The van der Waals surface area contributed by atoms with Crippen LogP contribution >= 0.6 is 35.6 Å². The van der Waals surface area contributed by atoms with Gasteiger partial charge in [-0.25, -0.2) is 4.79 Å². The molecule has 4 aromatic rings. The first kappa shape index (κ1) is 48.7. The topological polar surface area (TPSA) is 227 Å². The number of hydrogen-bond acceptors (Lipinski definition) is 11. The average molecular weight is 825 g/mol. The highest BCUT2D eigenvalue weighted by molar-refractivity contribution is 6.33. The number of aliphatic hydroxyl groups is 2. The summed E-state index contributed by atoms with van der Waals surface area (Å²) in [7, 11) is 0. The molecule has 0 unspecified atom stereocenters. The zero-order chi connectivity index (χ0) is 41.2. The van der Waals surface area contributed by atoms with E-state index in [1.165, 1.54) is 19.9 Å². The molecule has 0 amide bonds. The highest BCUT2D eigenvalue weighted by Crippen LogP contribution is 2.29. The molecule has 0 saturated carbocycles. The summed E-state index contributed by atoms with van der Waals surface area (Å²) in [5, 5.41) is 52.5. The molecular formula is C41H44Cl3N5O7. The molecule has 56 heavy (non-hydrogen) atoms. The lowest BCUT2D eigenvalue weighted by Crippen LogP contribution is -2.39. The third-order valence-electron chi connectivity index (χ3n) is 8.19. The van der Waals surface area contributed by atoms with E-state index in [-0.39, 0.29) is 54.2 Å². The van der Waals surface area contributed by atoms with E-state index in [9.17, 15) is 29.4 Å². The van der Waals surface area contributed by atoms with Crippen molar-refractivity contribution in [1.82, 2.24) is 0 Å². The van der Waals surface area contributed by atoms with E-state index in [0.717, 1.165) is 0 Å². The van der Waals surface area contributed by atoms with E-state index < -0.39 is 30.3 Å². The van der Waals surface area contributed by atoms with Gasteiger partial charge in [0, 0.05) is 35.3 Å². The molecule has 0 aliphatic heterocycles. The number of anilines is 2. The number of nitrogens with one attached hydrogen (secondary N) is 2. The largest absolute Gasteiger partial charge is 0.480 e. The van der Waals surface area contributed by atoms with Gasteiger partial charge >= 0.3 is 5.97 Å². The highest BCUT2D eigenvalue weighted by Gasteiger charge is 2.26. The second-order valence-electron chi connectivity index (χ2n) is 12.2. The fraction of sp³-hybridized carbons (Fsp3) is 0.268. The Hall–Kier alpha value is -5.31. The Morgan fingerprint density at radius 2 is 1.07 bits per heavy atom. The summed E-state index contributed by atoms with van der Waals surface area (Å²) in [6.45, 7) is 6.38. The molecule has 0 saturated heterocycles. The minimum atomic E-state index is -1.16. The third kappa shape index (κ3) is 14.4. The number of carbonyl (C=O) groups is 4. The molecule has 0 fully saturated rings. The summed E-state index contributed by atoms with van der Waals surface area (Å²) >= 11 is 12.1. The molecule has 0 aliphatic rings. The molecule has 12 nitrogen and oxygen atoms in total. The van der Waals surface area contributed by atoms with E-state index in [4.69, 9.17) is 44.6 Å². The SMILES string of the molecule is Cc1c(N[C@@H](C(=O)CCC(=O)c2ccccc2)[C@H](C)O)ccc(C#N)c1Cl.Cc1c(N[C@@H](C(=O)O)[C@H](C)O)ccc(C#N)c1Cl.Cl.NCC(=O)c1ccccc1. The average Bonchev–Trinajstić information content (AvgIpc) is 3.18. The second kappa shape index (κ2) is 24.3. The van der Waals surface area contributed by atoms with Crippen molar-refractivity contribution in [3.63, 3.8) is 0 Å². The number of Topliss-reactive ketones (excluding diaryl/α,β-unsaturated/α-hetero) is 3. The van der Waals surface area contributed by atoms with Crippen LogP contribution in [0.25, 0.3) is 0 Å². The third-order valence-corrected chi connectivity index (χ3v) is 9.16. The molecule has 0 bridgehead atoms. The molecule has 4 rings (SSSR count). The van der Waals surface area contributed by atoms with Crippen LogP contribution in [0.1, 0.15) is 69.7 Å². The van der Waals surface area contributed by atoms with Gasteiger partial charge < -0.3 is 31.7 Å². The maximum Gasteiger partial charge on any atom is 0.328 e. The monoisotopic (exact) mass is 823 g/mol. The van der Waals surface area contributed by atoms with Gasteiger partial charge in [0.1, 0.15) is 18.2 Å². The van der Waals surface area contributed by atoms with Crippen LogP contribution < -0.4 is 16.4 Å². The van der Waals surface area contributed by atoms with E-state index in [0.29, 0.717) is 49.8 Å².